The van der Waals surface area contributed by atoms with Crippen molar-refractivity contribution < 1.29 is 19.6 Å². The Hall–Kier alpha value is -2.11. The second-order valence-electron chi connectivity index (χ2n) is 7.15. The van der Waals surface area contributed by atoms with Gasteiger partial charge in [0, 0.05) is 17.5 Å². The first-order valence-corrected chi connectivity index (χ1v) is 7.87. The molecule has 0 bridgehead atoms. The maximum absolute atomic E-state index is 11.3. The van der Waals surface area contributed by atoms with Crippen molar-refractivity contribution >= 4 is 11.7 Å². The van der Waals surface area contributed by atoms with Gasteiger partial charge in [-0.05, 0) is 31.7 Å². The van der Waals surface area contributed by atoms with Crippen LogP contribution in [0.3, 0.4) is 0 Å². The minimum atomic E-state index is -1.13. The van der Waals surface area contributed by atoms with Crippen LogP contribution in [-0.2, 0) is 0 Å². The third-order valence-corrected chi connectivity index (χ3v) is 4.74. The van der Waals surface area contributed by atoms with Crippen molar-refractivity contribution in [3.8, 4) is 5.75 Å². The molecular formula is C17H23NO5. The van der Waals surface area contributed by atoms with Crippen LogP contribution in [0.25, 0.3) is 0 Å². The highest BCUT2D eigenvalue weighted by molar-refractivity contribution is 5.88. The maximum atomic E-state index is 11.3. The molecule has 2 rings (SSSR count). The zero-order valence-corrected chi connectivity index (χ0v) is 13.8. The van der Waals surface area contributed by atoms with Gasteiger partial charge >= 0.3 is 11.7 Å². The van der Waals surface area contributed by atoms with E-state index < -0.39 is 16.5 Å². The fourth-order valence-electron chi connectivity index (χ4n) is 3.22. The number of carboxylic acids is 1. The molecule has 1 aromatic rings. The quantitative estimate of drug-likeness (QED) is 0.655. The topological polar surface area (TPSA) is 89.7 Å². The van der Waals surface area contributed by atoms with E-state index in [2.05, 4.69) is 20.8 Å². The summed E-state index contributed by atoms with van der Waals surface area (Å²) in [5.41, 5.74) is -0.928. The first-order valence-electron chi connectivity index (χ1n) is 7.87. The fourth-order valence-corrected chi connectivity index (χ4v) is 3.22. The number of hydrogen-bond donors (Lipinski definition) is 1. The van der Waals surface area contributed by atoms with E-state index in [9.17, 15) is 14.9 Å². The van der Waals surface area contributed by atoms with Crippen LogP contribution in [0.1, 0.15) is 63.2 Å². The molecular weight excluding hydrogens is 298 g/mol. The molecule has 0 amide bonds. The largest absolute Gasteiger partial charge is 0.480 e. The van der Waals surface area contributed by atoms with Crippen LogP contribution in [0.15, 0.2) is 18.2 Å². The van der Waals surface area contributed by atoms with Gasteiger partial charge in [0.05, 0.1) is 10.5 Å². The number of nitro groups is 1. The molecule has 0 aliphatic heterocycles. The molecule has 126 valence electrons. The Labute approximate surface area is 135 Å². The summed E-state index contributed by atoms with van der Waals surface area (Å²) in [6.07, 6.45) is 4.75. The lowest BCUT2D eigenvalue weighted by Crippen LogP contribution is -2.49. The van der Waals surface area contributed by atoms with Gasteiger partial charge < -0.3 is 9.84 Å². The normalized spacial score (nSPS) is 17.5. The summed E-state index contributed by atoms with van der Waals surface area (Å²) >= 11 is 0. The summed E-state index contributed by atoms with van der Waals surface area (Å²) in [7, 11) is 0. The van der Waals surface area contributed by atoms with E-state index in [0.29, 0.717) is 0 Å². The molecule has 1 aliphatic rings. The van der Waals surface area contributed by atoms with Crippen LogP contribution in [0, 0.1) is 15.5 Å². The van der Waals surface area contributed by atoms with Gasteiger partial charge in [-0.3, -0.25) is 10.1 Å². The number of ether oxygens (including phenoxy) is 1. The number of carbonyl (C=O) groups is 1. The SMILES string of the molecule is CC(C)(C)C1(Oc2cc(C(=O)O)ccc2[N+](=O)[O-])CCCCC1. The molecule has 1 aliphatic carbocycles. The highest BCUT2D eigenvalue weighted by Crippen LogP contribution is 2.46. The molecule has 6 nitrogen and oxygen atoms in total. The smallest absolute Gasteiger partial charge is 0.335 e. The van der Waals surface area contributed by atoms with Crippen LogP contribution in [0.2, 0.25) is 0 Å². The summed E-state index contributed by atoms with van der Waals surface area (Å²) < 4.78 is 6.19. The molecule has 0 unspecified atom stereocenters. The lowest BCUT2D eigenvalue weighted by atomic mass is 9.68. The average Bonchev–Trinajstić information content (AvgIpc) is 2.46. The summed E-state index contributed by atoms with van der Waals surface area (Å²) in [4.78, 5) is 21.9. The Bertz CT molecular complexity index is 612. The summed E-state index contributed by atoms with van der Waals surface area (Å²) in [5, 5.41) is 20.4. The zero-order valence-electron chi connectivity index (χ0n) is 13.8. The molecule has 6 heteroatoms. The number of rotatable bonds is 4. The Morgan fingerprint density at radius 2 is 1.87 bits per heavy atom. The Morgan fingerprint density at radius 3 is 2.35 bits per heavy atom. The first kappa shape index (κ1) is 17.2. The van der Waals surface area contributed by atoms with Gasteiger partial charge in [-0.1, -0.05) is 27.2 Å². The van der Waals surface area contributed by atoms with Crippen LogP contribution < -0.4 is 4.74 Å². The lowest BCUT2D eigenvalue weighted by molar-refractivity contribution is -0.386. The van der Waals surface area contributed by atoms with Gasteiger partial charge in [0.2, 0.25) is 0 Å². The van der Waals surface area contributed by atoms with Crippen LogP contribution >= 0.6 is 0 Å². The molecule has 0 spiro atoms. The first-order chi connectivity index (χ1) is 10.7. The van der Waals surface area contributed by atoms with Crippen molar-refractivity contribution in [2.75, 3.05) is 0 Å². The summed E-state index contributed by atoms with van der Waals surface area (Å²) in [5.74, 6) is -1.08. The van der Waals surface area contributed by atoms with Crippen molar-refractivity contribution in [2.45, 2.75) is 58.5 Å². The number of nitrogens with zero attached hydrogens (tertiary/aromatic N) is 1. The predicted octanol–water partition coefficient (Wildman–Crippen LogP) is 4.42. The fraction of sp³-hybridized carbons (Fsp3) is 0.588. The van der Waals surface area contributed by atoms with Gasteiger partial charge in [-0.25, -0.2) is 4.79 Å². The summed E-state index contributed by atoms with van der Waals surface area (Å²) in [6, 6.07) is 3.71. The molecule has 0 heterocycles. The molecule has 0 aromatic heterocycles. The third-order valence-electron chi connectivity index (χ3n) is 4.74. The van der Waals surface area contributed by atoms with Gasteiger partial charge in [0.25, 0.3) is 0 Å². The summed E-state index contributed by atoms with van der Waals surface area (Å²) in [6.45, 7) is 6.18. The average molecular weight is 321 g/mol. The molecule has 1 saturated carbocycles. The highest BCUT2D eigenvalue weighted by atomic mass is 16.6. The second kappa shape index (κ2) is 6.18. The minimum Gasteiger partial charge on any atom is -0.480 e. The molecule has 0 radical (unpaired) electrons. The van der Waals surface area contributed by atoms with E-state index in [1.165, 1.54) is 18.2 Å². The van der Waals surface area contributed by atoms with E-state index in [0.717, 1.165) is 32.1 Å². The van der Waals surface area contributed by atoms with Crippen LogP contribution in [0.5, 0.6) is 5.75 Å². The van der Waals surface area contributed by atoms with Crippen molar-refractivity contribution in [3.05, 3.63) is 33.9 Å². The van der Waals surface area contributed by atoms with E-state index >= 15 is 0 Å². The van der Waals surface area contributed by atoms with Crippen molar-refractivity contribution in [1.82, 2.24) is 0 Å². The van der Waals surface area contributed by atoms with Gasteiger partial charge in [-0.15, -0.1) is 0 Å². The Balaban J connectivity index is 2.48. The third kappa shape index (κ3) is 3.46. The van der Waals surface area contributed by atoms with Crippen molar-refractivity contribution in [2.24, 2.45) is 5.41 Å². The van der Waals surface area contributed by atoms with E-state index in [1.807, 2.05) is 0 Å². The molecule has 0 saturated heterocycles. The maximum Gasteiger partial charge on any atom is 0.335 e. The molecule has 1 aromatic carbocycles. The monoisotopic (exact) mass is 321 g/mol. The van der Waals surface area contributed by atoms with Crippen LogP contribution in [0.4, 0.5) is 5.69 Å². The van der Waals surface area contributed by atoms with E-state index in [-0.39, 0.29) is 22.4 Å². The van der Waals surface area contributed by atoms with E-state index in [1.54, 1.807) is 0 Å². The highest BCUT2D eigenvalue weighted by Gasteiger charge is 2.46. The number of nitro benzene ring substituents is 1. The number of hydrogen-bond acceptors (Lipinski definition) is 4. The molecule has 23 heavy (non-hydrogen) atoms. The van der Waals surface area contributed by atoms with Gasteiger partial charge in [0.15, 0.2) is 5.75 Å². The van der Waals surface area contributed by atoms with Crippen LogP contribution in [-0.4, -0.2) is 21.6 Å². The number of aromatic carboxylic acids is 1. The second-order valence-corrected chi connectivity index (χ2v) is 7.15. The Kier molecular flexibility index (Phi) is 4.63. The number of benzene rings is 1. The molecule has 0 atom stereocenters. The molecule has 1 N–H and O–H groups in total. The van der Waals surface area contributed by atoms with Crippen molar-refractivity contribution in [1.29, 1.82) is 0 Å². The van der Waals surface area contributed by atoms with Crippen molar-refractivity contribution in [3.63, 3.8) is 0 Å². The lowest BCUT2D eigenvalue weighted by Gasteiger charge is -2.47. The minimum absolute atomic E-state index is 0.00883. The van der Waals surface area contributed by atoms with E-state index in [4.69, 9.17) is 9.84 Å². The Morgan fingerprint density at radius 1 is 1.26 bits per heavy atom. The molecule has 1 fully saturated rings. The zero-order chi connectivity index (χ0) is 17.3. The van der Waals surface area contributed by atoms with Gasteiger partial charge in [-0.2, -0.15) is 0 Å². The predicted molar refractivity (Wildman–Crippen MR) is 86.0 cm³/mol. The number of carboxylic acid groups (broad SMARTS) is 1. The standard InChI is InChI=1S/C17H23NO5/c1-16(2,3)17(9-5-4-6-10-17)23-14-11-12(15(19)20)7-8-13(14)18(21)22/h7-8,11H,4-6,9-10H2,1-3H3,(H,19,20). The van der Waals surface area contributed by atoms with Gasteiger partial charge in [0.1, 0.15) is 5.60 Å².